The summed E-state index contributed by atoms with van der Waals surface area (Å²) in [7, 11) is 1.70. The van der Waals surface area contributed by atoms with Crippen molar-refractivity contribution in [2.75, 3.05) is 5.75 Å². The average Bonchev–Trinajstić information content (AvgIpc) is 2.03. The minimum absolute atomic E-state index is 0.0965. The van der Waals surface area contributed by atoms with Crippen molar-refractivity contribution >= 4 is 31.3 Å². The van der Waals surface area contributed by atoms with Crippen LogP contribution in [0.2, 0.25) is 0 Å². The first-order chi connectivity index (χ1) is 5.99. The summed E-state index contributed by atoms with van der Waals surface area (Å²) < 4.78 is 21.5. The lowest BCUT2D eigenvalue weighted by Crippen LogP contribution is -2.24. The maximum atomic E-state index is 10.8. The van der Waals surface area contributed by atoms with Crippen molar-refractivity contribution < 1.29 is 8.42 Å². The van der Waals surface area contributed by atoms with Gasteiger partial charge in [-0.2, -0.15) is 0 Å². The molecule has 0 saturated heterocycles. The fraction of sp³-hybridized carbons (Fsp3) is 1.00. The van der Waals surface area contributed by atoms with Gasteiger partial charge < -0.3 is 0 Å². The van der Waals surface area contributed by atoms with Gasteiger partial charge in [0.25, 0.3) is 0 Å². The maximum absolute atomic E-state index is 10.8. The van der Waals surface area contributed by atoms with Crippen molar-refractivity contribution in [3.63, 3.8) is 0 Å². The van der Waals surface area contributed by atoms with E-state index >= 15 is 0 Å². The minimum Gasteiger partial charge on any atom is -0.212 e. The van der Waals surface area contributed by atoms with Crippen LogP contribution in [0.1, 0.15) is 32.1 Å². The summed E-state index contributed by atoms with van der Waals surface area (Å²) in [6.07, 6.45) is 5.65. The number of halogens is 2. The molecular weight excluding hydrogens is 231 g/mol. The highest BCUT2D eigenvalue weighted by Gasteiger charge is 2.25. The fourth-order valence-corrected chi connectivity index (χ4v) is 3.82. The van der Waals surface area contributed by atoms with Crippen molar-refractivity contribution in [1.29, 1.82) is 0 Å². The molecular formula is C8H14Cl2O2S. The molecule has 1 rings (SSSR count). The van der Waals surface area contributed by atoms with Gasteiger partial charge in [0.15, 0.2) is 0 Å². The van der Waals surface area contributed by atoms with E-state index in [9.17, 15) is 8.42 Å². The zero-order valence-electron chi connectivity index (χ0n) is 7.38. The molecule has 1 aliphatic rings. The Morgan fingerprint density at radius 3 is 2.23 bits per heavy atom. The monoisotopic (exact) mass is 244 g/mol. The van der Waals surface area contributed by atoms with Crippen LogP contribution in [0.4, 0.5) is 0 Å². The van der Waals surface area contributed by atoms with E-state index in [2.05, 4.69) is 0 Å². The van der Waals surface area contributed by atoms with Gasteiger partial charge in [-0.25, -0.2) is 8.42 Å². The summed E-state index contributed by atoms with van der Waals surface area (Å²) in [4.78, 5) is 0. The van der Waals surface area contributed by atoms with E-state index in [1.54, 1.807) is 0 Å². The van der Waals surface area contributed by atoms with Gasteiger partial charge in [-0.05, 0) is 18.8 Å². The first-order valence-electron chi connectivity index (χ1n) is 4.55. The second kappa shape index (κ2) is 4.85. The van der Waals surface area contributed by atoms with E-state index in [0.717, 1.165) is 25.7 Å². The summed E-state index contributed by atoms with van der Waals surface area (Å²) in [6.45, 7) is 0. The molecule has 0 aromatic carbocycles. The SMILES string of the molecule is O=S(=O)(Cl)CC(Cl)C1CCCCC1. The van der Waals surface area contributed by atoms with Gasteiger partial charge in [-0.3, -0.25) is 0 Å². The largest absolute Gasteiger partial charge is 0.234 e. The highest BCUT2D eigenvalue weighted by molar-refractivity contribution is 8.13. The fourth-order valence-electron chi connectivity index (χ4n) is 1.82. The van der Waals surface area contributed by atoms with Crippen LogP contribution in [-0.2, 0) is 9.05 Å². The predicted molar refractivity (Wildman–Crippen MR) is 55.9 cm³/mol. The van der Waals surface area contributed by atoms with Crippen molar-refractivity contribution in [2.45, 2.75) is 37.5 Å². The molecule has 0 N–H and O–H groups in total. The van der Waals surface area contributed by atoms with Gasteiger partial charge in [-0.15, -0.1) is 11.6 Å². The van der Waals surface area contributed by atoms with E-state index in [1.807, 2.05) is 0 Å². The lowest BCUT2D eigenvalue weighted by Gasteiger charge is -2.25. The molecule has 0 aliphatic heterocycles. The van der Waals surface area contributed by atoms with Gasteiger partial charge in [0.1, 0.15) is 0 Å². The van der Waals surface area contributed by atoms with E-state index in [4.69, 9.17) is 22.3 Å². The van der Waals surface area contributed by atoms with E-state index in [-0.39, 0.29) is 11.1 Å². The molecule has 0 radical (unpaired) electrons. The Morgan fingerprint density at radius 1 is 1.23 bits per heavy atom. The summed E-state index contributed by atoms with van der Waals surface area (Å²) in [6, 6.07) is 0. The van der Waals surface area contributed by atoms with Crippen LogP contribution in [0, 0.1) is 5.92 Å². The Bertz CT molecular complexity index is 245. The van der Waals surface area contributed by atoms with Crippen molar-refractivity contribution in [3.8, 4) is 0 Å². The van der Waals surface area contributed by atoms with Crippen LogP contribution in [0.25, 0.3) is 0 Å². The van der Waals surface area contributed by atoms with Gasteiger partial charge in [0.05, 0.1) is 11.1 Å². The second-order valence-corrected chi connectivity index (χ2v) is 7.00. The lowest BCUT2D eigenvalue weighted by atomic mass is 9.87. The molecule has 0 heterocycles. The van der Waals surface area contributed by atoms with Gasteiger partial charge in [0.2, 0.25) is 9.05 Å². The Morgan fingerprint density at radius 2 is 1.77 bits per heavy atom. The van der Waals surface area contributed by atoms with Crippen LogP contribution in [0.3, 0.4) is 0 Å². The molecule has 0 bridgehead atoms. The van der Waals surface area contributed by atoms with Crippen LogP contribution >= 0.6 is 22.3 Å². The zero-order chi connectivity index (χ0) is 9.90. The van der Waals surface area contributed by atoms with E-state index in [0.29, 0.717) is 5.92 Å². The molecule has 1 fully saturated rings. The second-order valence-electron chi connectivity index (χ2n) is 3.62. The molecule has 0 aromatic rings. The number of hydrogen-bond donors (Lipinski definition) is 0. The smallest absolute Gasteiger partial charge is 0.212 e. The van der Waals surface area contributed by atoms with Crippen LogP contribution in [0.5, 0.6) is 0 Å². The Kier molecular flexibility index (Phi) is 4.33. The van der Waals surface area contributed by atoms with E-state index < -0.39 is 9.05 Å². The average molecular weight is 245 g/mol. The number of alkyl halides is 1. The Balaban J connectivity index is 2.42. The van der Waals surface area contributed by atoms with E-state index in [1.165, 1.54) is 6.42 Å². The Labute approximate surface area is 89.0 Å². The van der Waals surface area contributed by atoms with Crippen LogP contribution < -0.4 is 0 Å². The highest BCUT2D eigenvalue weighted by atomic mass is 35.7. The van der Waals surface area contributed by atoms with Gasteiger partial charge in [-0.1, -0.05) is 19.3 Å². The summed E-state index contributed by atoms with van der Waals surface area (Å²) in [5.74, 6) is 0.241. The molecule has 0 spiro atoms. The standard InChI is InChI=1S/C8H14Cl2O2S/c9-8(6-13(10,11)12)7-4-2-1-3-5-7/h7-8H,1-6H2. The quantitative estimate of drug-likeness (QED) is 0.566. The van der Waals surface area contributed by atoms with Crippen LogP contribution in [0.15, 0.2) is 0 Å². The number of hydrogen-bond acceptors (Lipinski definition) is 2. The number of rotatable bonds is 3. The topological polar surface area (TPSA) is 34.1 Å². The molecule has 0 amide bonds. The summed E-state index contributed by atoms with van der Waals surface area (Å²) in [5, 5.41) is -0.303. The highest BCUT2D eigenvalue weighted by Crippen LogP contribution is 2.30. The molecule has 1 unspecified atom stereocenters. The molecule has 1 saturated carbocycles. The van der Waals surface area contributed by atoms with Gasteiger partial charge >= 0.3 is 0 Å². The van der Waals surface area contributed by atoms with Gasteiger partial charge in [0, 0.05) is 10.7 Å². The molecule has 78 valence electrons. The maximum Gasteiger partial charge on any atom is 0.234 e. The first-order valence-corrected chi connectivity index (χ1v) is 7.47. The minimum atomic E-state index is -3.43. The predicted octanol–water partition coefficient (Wildman–Crippen LogP) is 2.74. The lowest BCUT2D eigenvalue weighted by molar-refractivity contribution is 0.354. The third-order valence-electron chi connectivity index (χ3n) is 2.52. The summed E-state index contributed by atoms with van der Waals surface area (Å²) >= 11 is 5.98. The Hall–Kier alpha value is 0.530. The molecule has 5 heteroatoms. The normalized spacial score (nSPS) is 22.9. The summed E-state index contributed by atoms with van der Waals surface area (Å²) in [5.41, 5.74) is 0. The zero-order valence-corrected chi connectivity index (χ0v) is 9.71. The molecule has 0 aromatic heterocycles. The van der Waals surface area contributed by atoms with Crippen molar-refractivity contribution in [3.05, 3.63) is 0 Å². The van der Waals surface area contributed by atoms with Crippen molar-refractivity contribution in [1.82, 2.24) is 0 Å². The molecule has 2 nitrogen and oxygen atoms in total. The molecule has 13 heavy (non-hydrogen) atoms. The molecule has 1 aliphatic carbocycles. The first kappa shape index (κ1) is 11.6. The van der Waals surface area contributed by atoms with Crippen LogP contribution in [-0.4, -0.2) is 19.5 Å². The van der Waals surface area contributed by atoms with Crippen molar-refractivity contribution in [2.24, 2.45) is 5.92 Å². The third-order valence-corrected chi connectivity index (χ3v) is 4.35. The third kappa shape index (κ3) is 4.52. The molecule has 1 atom stereocenters.